The Morgan fingerprint density at radius 3 is 2.57 bits per heavy atom. The number of thioether (sulfide) groups is 1. The molecule has 186 valence electrons. The molecule has 8 heteroatoms. The van der Waals surface area contributed by atoms with Crippen LogP contribution in [0, 0.1) is 11.3 Å². The first-order valence-corrected chi connectivity index (χ1v) is 14.2. The monoisotopic (exact) mass is 510 g/mol. The van der Waals surface area contributed by atoms with Crippen LogP contribution in [-0.2, 0) is 17.6 Å². The van der Waals surface area contributed by atoms with E-state index in [0.717, 1.165) is 54.6 Å². The molecule has 1 aromatic carbocycles. The van der Waals surface area contributed by atoms with Crippen LogP contribution in [0.2, 0.25) is 0 Å². The highest BCUT2D eigenvalue weighted by molar-refractivity contribution is 8.00. The minimum atomic E-state index is 0.188. The molecule has 5 rings (SSSR count). The molecule has 0 radical (unpaired) electrons. The van der Waals surface area contributed by atoms with Gasteiger partial charge in [0, 0.05) is 42.1 Å². The second kappa shape index (κ2) is 9.97. The van der Waals surface area contributed by atoms with Gasteiger partial charge < -0.3 is 14.5 Å². The third-order valence-electron chi connectivity index (χ3n) is 7.44. The summed E-state index contributed by atoms with van der Waals surface area (Å²) < 4.78 is 5.26. The first-order valence-electron chi connectivity index (χ1n) is 12.4. The van der Waals surface area contributed by atoms with E-state index in [0.29, 0.717) is 17.1 Å². The van der Waals surface area contributed by atoms with Gasteiger partial charge in [-0.2, -0.15) is 0 Å². The first kappa shape index (κ1) is 24.4. The predicted octanol–water partition coefficient (Wildman–Crippen LogP) is 5.29. The van der Waals surface area contributed by atoms with Crippen LogP contribution >= 0.6 is 23.1 Å². The number of carbonyl (C=O) groups excluding carboxylic acids is 1. The Morgan fingerprint density at radius 1 is 1.14 bits per heavy atom. The topological polar surface area (TPSA) is 58.6 Å². The molecule has 2 aromatic heterocycles. The third kappa shape index (κ3) is 5.14. The van der Waals surface area contributed by atoms with Crippen molar-refractivity contribution in [3.8, 4) is 5.75 Å². The maximum absolute atomic E-state index is 13.0. The molecule has 2 aliphatic rings. The number of thiophene rings is 1. The lowest BCUT2D eigenvalue weighted by Crippen LogP contribution is -2.49. The molecule has 1 amide bonds. The number of aromatic nitrogens is 2. The van der Waals surface area contributed by atoms with E-state index >= 15 is 0 Å². The van der Waals surface area contributed by atoms with Crippen molar-refractivity contribution in [3.05, 3.63) is 41.0 Å². The Kier molecular flexibility index (Phi) is 6.95. The number of hydrogen-bond acceptors (Lipinski definition) is 7. The van der Waals surface area contributed by atoms with E-state index in [4.69, 9.17) is 4.74 Å². The Labute approximate surface area is 216 Å². The van der Waals surface area contributed by atoms with Gasteiger partial charge in [-0.05, 0) is 60.4 Å². The molecule has 35 heavy (non-hydrogen) atoms. The van der Waals surface area contributed by atoms with Crippen LogP contribution < -0.4 is 9.64 Å². The summed E-state index contributed by atoms with van der Waals surface area (Å²) in [5, 5.41) is 2.16. The summed E-state index contributed by atoms with van der Waals surface area (Å²) >= 11 is 3.40. The van der Waals surface area contributed by atoms with Crippen LogP contribution in [0.5, 0.6) is 5.75 Å². The van der Waals surface area contributed by atoms with Gasteiger partial charge in [-0.3, -0.25) is 4.79 Å². The van der Waals surface area contributed by atoms with E-state index in [2.05, 4.69) is 47.8 Å². The van der Waals surface area contributed by atoms with E-state index in [1.807, 2.05) is 28.4 Å². The van der Waals surface area contributed by atoms with E-state index in [1.165, 1.54) is 27.9 Å². The zero-order valence-electron chi connectivity index (χ0n) is 21.0. The van der Waals surface area contributed by atoms with E-state index < -0.39 is 0 Å². The standard InChI is InChI=1S/C27H34N4O2S2/c1-27(2,3)18-5-10-21-22(15-18)35-26-24(21)25(28-17-29-26)34-16-23(32)31-13-11-30(12-14-31)19-6-8-20(33-4)9-7-19/h6-9,17-18H,5,10-16H2,1-4H3/t18-/m0/s1. The molecule has 1 atom stereocenters. The van der Waals surface area contributed by atoms with Gasteiger partial charge in [-0.15, -0.1) is 11.3 Å². The van der Waals surface area contributed by atoms with Gasteiger partial charge in [-0.1, -0.05) is 32.5 Å². The first-order chi connectivity index (χ1) is 16.8. The zero-order chi connectivity index (χ0) is 24.6. The van der Waals surface area contributed by atoms with E-state index in [1.54, 1.807) is 25.2 Å². The number of benzene rings is 1. The molecular weight excluding hydrogens is 476 g/mol. The number of fused-ring (bicyclic) bond motifs is 3. The summed E-state index contributed by atoms with van der Waals surface area (Å²) in [4.78, 5) is 29.1. The number of ether oxygens (including phenoxy) is 1. The average molecular weight is 511 g/mol. The number of nitrogens with zero attached hydrogens (tertiary/aromatic N) is 4. The normalized spacial score (nSPS) is 18.6. The van der Waals surface area contributed by atoms with Gasteiger partial charge in [0.25, 0.3) is 0 Å². The Balaban J connectivity index is 1.21. The molecule has 1 saturated heterocycles. The number of piperazine rings is 1. The summed E-state index contributed by atoms with van der Waals surface area (Å²) in [5.41, 5.74) is 2.92. The van der Waals surface area contributed by atoms with E-state index in [9.17, 15) is 4.79 Å². The summed E-state index contributed by atoms with van der Waals surface area (Å²) in [6.07, 6.45) is 5.07. The lowest BCUT2D eigenvalue weighted by Gasteiger charge is -2.36. The highest BCUT2D eigenvalue weighted by Crippen LogP contribution is 2.44. The predicted molar refractivity (Wildman–Crippen MR) is 145 cm³/mol. The molecule has 0 saturated carbocycles. The smallest absolute Gasteiger partial charge is 0.233 e. The molecule has 6 nitrogen and oxygen atoms in total. The van der Waals surface area contributed by atoms with Gasteiger partial charge in [0.15, 0.2) is 0 Å². The van der Waals surface area contributed by atoms with Crippen molar-refractivity contribution in [2.24, 2.45) is 11.3 Å². The van der Waals surface area contributed by atoms with Crippen LogP contribution in [0.1, 0.15) is 37.6 Å². The third-order valence-corrected chi connectivity index (χ3v) is 9.57. The Morgan fingerprint density at radius 2 is 1.89 bits per heavy atom. The molecule has 1 aliphatic carbocycles. The minimum Gasteiger partial charge on any atom is -0.497 e. The van der Waals surface area contributed by atoms with Crippen LogP contribution in [0.25, 0.3) is 10.2 Å². The molecule has 0 spiro atoms. The molecule has 1 aliphatic heterocycles. The fourth-order valence-corrected chi connectivity index (χ4v) is 7.42. The zero-order valence-corrected chi connectivity index (χ0v) is 22.7. The number of anilines is 1. The SMILES string of the molecule is COc1ccc(N2CCN(C(=O)CSc3ncnc4sc5c(c34)CC[C@H](C(C)(C)C)C5)CC2)cc1. The number of methoxy groups -OCH3 is 1. The fraction of sp³-hybridized carbons (Fsp3) is 0.519. The number of rotatable bonds is 5. The minimum absolute atomic E-state index is 0.188. The summed E-state index contributed by atoms with van der Waals surface area (Å²) in [6.45, 7) is 10.2. The van der Waals surface area contributed by atoms with Crippen molar-refractivity contribution < 1.29 is 9.53 Å². The van der Waals surface area contributed by atoms with Gasteiger partial charge in [0.05, 0.1) is 12.9 Å². The highest BCUT2D eigenvalue weighted by atomic mass is 32.2. The van der Waals surface area contributed by atoms with Crippen LogP contribution in [0.4, 0.5) is 5.69 Å². The molecule has 0 unspecified atom stereocenters. The van der Waals surface area contributed by atoms with Gasteiger partial charge in [-0.25, -0.2) is 9.97 Å². The highest BCUT2D eigenvalue weighted by Gasteiger charge is 2.32. The van der Waals surface area contributed by atoms with Crippen molar-refractivity contribution in [3.63, 3.8) is 0 Å². The van der Waals surface area contributed by atoms with E-state index in [-0.39, 0.29) is 5.91 Å². The second-order valence-corrected chi connectivity index (χ2v) is 12.6. The molecule has 0 bridgehead atoms. The maximum Gasteiger partial charge on any atom is 0.233 e. The number of aryl methyl sites for hydroxylation is 1. The van der Waals surface area contributed by atoms with Crippen molar-refractivity contribution in [1.82, 2.24) is 14.9 Å². The lowest BCUT2D eigenvalue weighted by molar-refractivity contribution is -0.128. The number of hydrogen-bond donors (Lipinski definition) is 0. The molecule has 3 heterocycles. The molecule has 3 aromatic rings. The summed E-state index contributed by atoms with van der Waals surface area (Å²) in [6, 6.07) is 8.13. The summed E-state index contributed by atoms with van der Waals surface area (Å²) in [5.74, 6) is 2.17. The van der Waals surface area contributed by atoms with Crippen LogP contribution in [0.15, 0.2) is 35.6 Å². The quantitative estimate of drug-likeness (QED) is 0.343. The Bertz CT molecular complexity index is 1190. The van der Waals surface area contributed by atoms with Crippen molar-refractivity contribution in [2.45, 2.75) is 45.1 Å². The summed E-state index contributed by atoms with van der Waals surface area (Å²) in [7, 11) is 1.68. The van der Waals surface area contributed by atoms with Crippen molar-refractivity contribution >= 4 is 44.9 Å². The lowest BCUT2D eigenvalue weighted by atomic mass is 9.72. The van der Waals surface area contributed by atoms with Crippen molar-refractivity contribution in [2.75, 3.05) is 43.9 Å². The van der Waals surface area contributed by atoms with Crippen LogP contribution in [0.3, 0.4) is 0 Å². The molecular formula is C27H34N4O2S2. The average Bonchev–Trinajstić information content (AvgIpc) is 3.25. The van der Waals surface area contributed by atoms with Gasteiger partial charge in [0.1, 0.15) is 21.9 Å². The maximum atomic E-state index is 13.0. The second-order valence-electron chi connectivity index (χ2n) is 10.5. The number of amides is 1. The van der Waals surface area contributed by atoms with Crippen molar-refractivity contribution in [1.29, 1.82) is 0 Å². The van der Waals surface area contributed by atoms with Crippen LogP contribution in [-0.4, -0.2) is 59.8 Å². The van der Waals surface area contributed by atoms with Gasteiger partial charge in [0.2, 0.25) is 5.91 Å². The number of carbonyl (C=O) groups is 1. The van der Waals surface area contributed by atoms with Gasteiger partial charge >= 0.3 is 0 Å². The largest absolute Gasteiger partial charge is 0.497 e. The molecule has 1 fully saturated rings. The fourth-order valence-electron chi connectivity index (χ4n) is 5.16. The molecule has 0 N–H and O–H groups in total. The Hall–Kier alpha value is -2.32.